The topological polar surface area (TPSA) is 95.7 Å². The average molecular weight is 367 g/mol. The predicted molar refractivity (Wildman–Crippen MR) is 88.0 cm³/mol. The van der Waals surface area contributed by atoms with Crippen LogP contribution in [0.15, 0.2) is 52.3 Å². The summed E-state index contributed by atoms with van der Waals surface area (Å²) in [7, 11) is -3.89. The van der Waals surface area contributed by atoms with Crippen molar-refractivity contribution in [3.05, 3.63) is 53.8 Å². The van der Waals surface area contributed by atoms with Crippen molar-refractivity contribution in [1.29, 1.82) is 0 Å². The molecular formula is C17H18FNO5S. The number of benzene rings is 2. The molecule has 134 valence electrons. The minimum atomic E-state index is -3.89. The lowest BCUT2D eigenvalue weighted by atomic mass is 10.1. The van der Waals surface area contributed by atoms with Gasteiger partial charge < -0.3 is 5.73 Å². The molecule has 2 aromatic carbocycles. The summed E-state index contributed by atoms with van der Waals surface area (Å²) in [5.74, 6) is -2.11. The minimum absolute atomic E-state index is 0.0361. The number of rotatable bonds is 6. The van der Waals surface area contributed by atoms with E-state index in [0.717, 1.165) is 24.6 Å². The summed E-state index contributed by atoms with van der Waals surface area (Å²) < 4.78 is 39.1. The van der Waals surface area contributed by atoms with Crippen molar-refractivity contribution in [2.75, 3.05) is 0 Å². The van der Waals surface area contributed by atoms with E-state index in [-0.39, 0.29) is 21.6 Å². The molecule has 0 bridgehead atoms. The van der Waals surface area contributed by atoms with Crippen LogP contribution in [0.2, 0.25) is 0 Å². The van der Waals surface area contributed by atoms with Gasteiger partial charge in [-0.15, -0.1) is 0 Å². The maximum atomic E-state index is 14.0. The zero-order chi connectivity index (χ0) is 18.6. The number of carbonyl (C=O) groups excluding carboxylic acids is 1. The highest BCUT2D eigenvalue weighted by molar-refractivity contribution is 7.91. The Balaban J connectivity index is 2.27. The molecule has 0 heterocycles. The Morgan fingerprint density at radius 3 is 2.28 bits per heavy atom. The van der Waals surface area contributed by atoms with Crippen LogP contribution in [0.1, 0.15) is 19.4 Å². The smallest absolute Gasteiger partial charge is 0.328 e. The summed E-state index contributed by atoms with van der Waals surface area (Å²) >= 11 is 0. The van der Waals surface area contributed by atoms with Crippen LogP contribution in [0.3, 0.4) is 0 Å². The van der Waals surface area contributed by atoms with Gasteiger partial charge in [-0.05, 0) is 49.2 Å². The van der Waals surface area contributed by atoms with Crippen molar-refractivity contribution in [3.63, 3.8) is 0 Å². The van der Waals surface area contributed by atoms with E-state index in [0.29, 0.717) is 6.42 Å². The molecule has 2 rings (SSSR count). The van der Waals surface area contributed by atoms with Gasteiger partial charge in [-0.1, -0.05) is 12.1 Å². The monoisotopic (exact) mass is 367 g/mol. The molecule has 25 heavy (non-hydrogen) atoms. The Morgan fingerprint density at radius 2 is 1.76 bits per heavy atom. The van der Waals surface area contributed by atoms with Gasteiger partial charge in [0.05, 0.1) is 9.79 Å². The maximum absolute atomic E-state index is 14.0. The highest BCUT2D eigenvalue weighted by atomic mass is 32.2. The van der Waals surface area contributed by atoms with Crippen molar-refractivity contribution in [2.45, 2.75) is 36.1 Å². The summed E-state index contributed by atoms with van der Waals surface area (Å²) in [6.07, 6.45) is 0.622. The molecule has 6 nitrogen and oxygen atoms in total. The molecule has 0 saturated heterocycles. The molecule has 0 spiro atoms. The van der Waals surface area contributed by atoms with Crippen LogP contribution in [-0.2, 0) is 25.9 Å². The van der Waals surface area contributed by atoms with Crippen LogP contribution in [-0.4, -0.2) is 20.4 Å². The molecule has 0 saturated carbocycles. The normalized spacial score (nSPS) is 12.5. The molecule has 2 aromatic rings. The van der Waals surface area contributed by atoms with E-state index in [1.807, 2.05) is 6.92 Å². The molecule has 0 unspecified atom stereocenters. The van der Waals surface area contributed by atoms with Gasteiger partial charge in [-0.3, -0.25) is 9.78 Å². The lowest BCUT2D eigenvalue weighted by Gasteiger charge is -2.09. The van der Waals surface area contributed by atoms with E-state index >= 15 is 0 Å². The second kappa shape index (κ2) is 7.62. The van der Waals surface area contributed by atoms with E-state index in [9.17, 15) is 17.6 Å². The summed E-state index contributed by atoms with van der Waals surface area (Å²) in [5, 5.41) is 0. The van der Waals surface area contributed by atoms with E-state index in [1.165, 1.54) is 18.2 Å². The van der Waals surface area contributed by atoms with E-state index in [2.05, 4.69) is 9.78 Å². The molecule has 8 heteroatoms. The first kappa shape index (κ1) is 18.9. The third kappa shape index (κ3) is 4.77. The molecule has 0 fully saturated rings. The van der Waals surface area contributed by atoms with Crippen LogP contribution in [0.4, 0.5) is 4.39 Å². The van der Waals surface area contributed by atoms with Crippen molar-refractivity contribution < 1.29 is 27.4 Å². The zero-order valence-corrected chi connectivity index (χ0v) is 14.5. The summed E-state index contributed by atoms with van der Waals surface area (Å²) in [5.41, 5.74) is 6.62. The summed E-state index contributed by atoms with van der Waals surface area (Å²) in [6, 6.07) is 9.27. The molecule has 0 amide bonds. The molecule has 0 aliphatic carbocycles. The Hall–Kier alpha value is -2.45. The van der Waals surface area contributed by atoms with Crippen LogP contribution in [0, 0.1) is 5.82 Å². The van der Waals surface area contributed by atoms with Gasteiger partial charge in [0.2, 0.25) is 15.6 Å². The third-order valence-corrected chi connectivity index (χ3v) is 5.02. The first-order valence-corrected chi connectivity index (χ1v) is 8.92. The van der Waals surface area contributed by atoms with E-state index < -0.39 is 21.6 Å². The largest absolute Gasteiger partial charge is 0.352 e. The SMILES string of the molecule is CC(=O)OOc1ccc(S(=O)(=O)c2ccc(C[C@@H](C)N)cc2)cc1F. The molecule has 0 aliphatic rings. The summed E-state index contributed by atoms with van der Waals surface area (Å²) in [6.45, 7) is 2.94. The van der Waals surface area contributed by atoms with Gasteiger partial charge in [-0.2, -0.15) is 0 Å². The lowest BCUT2D eigenvalue weighted by molar-refractivity contribution is -0.211. The Labute approximate surface area is 145 Å². The zero-order valence-electron chi connectivity index (χ0n) is 13.7. The van der Waals surface area contributed by atoms with Crippen LogP contribution in [0.5, 0.6) is 5.75 Å². The average Bonchev–Trinajstić information content (AvgIpc) is 2.53. The van der Waals surface area contributed by atoms with Crippen molar-refractivity contribution >= 4 is 15.8 Å². The fraction of sp³-hybridized carbons (Fsp3) is 0.235. The Bertz CT molecular complexity index is 863. The Kier molecular flexibility index (Phi) is 5.76. The van der Waals surface area contributed by atoms with Crippen molar-refractivity contribution in [1.82, 2.24) is 0 Å². The molecule has 0 aliphatic heterocycles. The number of hydrogen-bond donors (Lipinski definition) is 1. The fourth-order valence-electron chi connectivity index (χ4n) is 2.13. The second-order valence-electron chi connectivity index (χ2n) is 5.58. The van der Waals surface area contributed by atoms with E-state index in [4.69, 9.17) is 5.73 Å². The van der Waals surface area contributed by atoms with Gasteiger partial charge >= 0.3 is 5.97 Å². The van der Waals surface area contributed by atoms with Gasteiger partial charge in [0.15, 0.2) is 5.82 Å². The molecule has 1 atom stereocenters. The molecule has 0 radical (unpaired) electrons. The first-order chi connectivity index (χ1) is 11.7. The first-order valence-electron chi connectivity index (χ1n) is 7.44. The lowest BCUT2D eigenvalue weighted by Crippen LogP contribution is -2.17. The van der Waals surface area contributed by atoms with Crippen molar-refractivity contribution in [3.8, 4) is 5.75 Å². The molecule has 0 aromatic heterocycles. The number of hydrogen-bond acceptors (Lipinski definition) is 6. The van der Waals surface area contributed by atoms with Gasteiger partial charge in [-0.25, -0.2) is 17.6 Å². The highest BCUT2D eigenvalue weighted by Gasteiger charge is 2.20. The third-order valence-electron chi connectivity index (χ3n) is 3.25. The number of carbonyl (C=O) groups is 1. The quantitative estimate of drug-likeness (QED) is 0.622. The van der Waals surface area contributed by atoms with Gasteiger partial charge in [0.25, 0.3) is 0 Å². The van der Waals surface area contributed by atoms with Gasteiger partial charge in [0, 0.05) is 13.0 Å². The number of sulfone groups is 1. The second-order valence-corrected chi connectivity index (χ2v) is 7.53. The Morgan fingerprint density at radius 1 is 1.16 bits per heavy atom. The predicted octanol–water partition coefficient (Wildman–Crippen LogP) is 2.41. The summed E-state index contributed by atoms with van der Waals surface area (Å²) in [4.78, 5) is 19.2. The minimum Gasteiger partial charge on any atom is -0.328 e. The van der Waals surface area contributed by atoms with Crippen LogP contribution in [0.25, 0.3) is 0 Å². The number of nitrogens with two attached hydrogens (primary N) is 1. The number of halogens is 1. The van der Waals surface area contributed by atoms with Gasteiger partial charge in [0.1, 0.15) is 0 Å². The fourth-order valence-corrected chi connectivity index (χ4v) is 3.40. The van der Waals surface area contributed by atoms with Crippen molar-refractivity contribution in [2.24, 2.45) is 5.73 Å². The molecular weight excluding hydrogens is 349 g/mol. The maximum Gasteiger partial charge on any atom is 0.352 e. The van der Waals surface area contributed by atoms with Crippen LogP contribution < -0.4 is 10.6 Å². The van der Waals surface area contributed by atoms with E-state index in [1.54, 1.807) is 12.1 Å². The highest BCUT2D eigenvalue weighted by Crippen LogP contribution is 2.26. The van der Waals surface area contributed by atoms with Crippen LogP contribution >= 0.6 is 0 Å². The molecule has 2 N–H and O–H groups in total. The standard InChI is InChI=1S/C17H18FNO5S/c1-11(19)9-13-3-5-14(6-4-13)25(21,22)15-7-8-17(16(18)10-15)24-23-12(2)20/h3-8,10-11H,9,19H2,1-2H3/t11-/m1/s1.